The minimum absolute atomic E-state index is 0.0604. The summed E-state index contributed by atoms with van der Waals surface area (Å²) in [6, 6.07) is 0. The van der Waals surface area contributed by atoms with E-state index in [-0.39, 0.29) is 12.4 Å². The van der Waals surface area contributed by atoms with Crippen LogP contribution in [0.2, 0.25) is 0 Å². The van der Waals surface area contributed by atoms with Gasteiger partial charge in [-0.05, 0) is 18.8 Å². The van der Waals surface area contributed by atoms with Gasteiger partial charge in [-0.25, -0.2) is 12.7 Å². The highest BCUT2D eigenvalue weighted by molar-refractivity contribution is 7.89. The molecule has 0 aromatic rings. The molecule has 0 aromatic heterocycles. The lowest BCUT2D eigenvalue weighted by Gasteiger charge is -2.35. The maximum Gasteiger partial charge on any atom is 0.216 e. The summed E-state index contributed by atoms with van der Waals surface area (Å²) < 4.78 is 41.7. The first-order valence-electron chi connectivity index (χ1n) is 8.46. The molecule has 2 saturated heterocycles. The lowest BCUT2D eigenvalue weighted by molar-refractivity contribution is 0.0268. The van der Waals surface area contributed by atoms with Crippen LogP contribution in [-0.4, -0.2) is 96.2 Å². The highest BCUT2D eigenvalue weighted by Crippen LogP contribution is 2.21. The van der Waals surface area contributed by atoms with E-state index >= 15 is 0 Å². The van der Waals surface area contributed by atoms with Crippen LogP contribution in [0.15, 0.2) is 0 Å². The highest BCUT2D eigenvalue weighted by Gasteiger charge is 2.28. The Morgan fingerprint density at radius 1 is 1.04 bits per heavy atom. The minimum Gasteiger partial charge on any atom is -0.382 e. The second-order valence-electron chi connectivity index (χ2n) is 6.18. The number of morpholine rings is 1. The summed E-state index contributed by atoms with van der Waals surface area (Å²) in [4.78, 5) is 2.43. The number of ether oxygens (including phenoxy) is 3. The van der Waals surface area contributed by atoms with E-state index in [4.69, 9.17) is 14.2 Å². The molecule has 2 fully saturated rings. The van der Waals surface area contributed by atoms with Crippen molar-refractivity contribution in [2.24, 2.45) is 5.92 Å². The van der Waals surface area contributed by atoms with E-state index < -0.39 is 10.0 Å². The molecular weight excluding hydrogens is 320 g/mol. The summed E-state index contributed by atoms with van der Waals surface area (Å²) in [5.74, 6) is 0.655. The molecule has 2 heterocycles. The Morgan fingerprint density at radius 3 is 2.39 bits per heavy atom. The molecule has 0 saturated carbocycles. The van der Waals surface area contributed by atoms with Gasteiger partial charge >= 0.3 is 0 Å². The van der Waals surface area contributed by atoms with Crippen LogP contribution in [-0.2, 0) is 24.2 Å². The van der Waals surface area contributed by atoms with Crippen molar-refractivity contribution < 1.29 is 22.6 Å². The topological polar surface area (TPSA) is 68.3 Å². The van der Waals surface area contributed by atoms with Crippen LogP contribution < -0.4 is 0 Å². The fourth-order valence-electron chi connectivity index (χ4n) is 3.06. The number of hydrogen-bond donors (Lipinski definition) is 0. The third-order valence-electron chi connectivity index (χ3n) is 4.50. The summed E-state index contributed by atoms with van der Waals surface area (Å²) >= 11 is 0. The molecule has 7 nitrogen and oxygen atoms in total. The molecule has 136 valence electrons. The second kappa shape index (κ2) is 9.90. The van der Waals surface area contributed by atoms with Crippen molar-refractivity contribution in [1.82, 2.24) is 9.21 Å². The molecule has 0 amide bonds. The van der Waals surface area contributed by atoms with Crippen LogP contribution in [0.5, 0.6) is 0 Å². The lowest BCUT2D eigenvalue weighted by Crippen LogP contribution is -2.45. The Morgan fingerprint density at radius 2 is 1.74 bits per heavy atom. The Hall–Kier alpha value is -0.250. The van der Waals surface area contributed by atoms with Gasteiger partial charge in [0.05, 0.1) is 38.8 Å². The molecule has 23 heavy (non-hydrogen) atoms. The predicted octanol–water partition coefficient (Wildman–Crippen LogP) is 0.0234. The van der Waals surface area contributed by atoms with Crippen molar-refractivity contribution in [3.05, 3.63) is 0 Å². The van der Waals surface area contributed by atoms with Gasteiger partial charge < -0.3 is 14.2 Å². The first kappa shape index (κ1) is 19.1. The van der Waals surface area contributed by atoms with Gasteiger partial charge in [-0.1, -0.05) is 0 Å². The monoisotopic (exact) mass is 350 g/mol. The van der Waals surface area contributed by atoms with Crippen molar-refractivity contribution in [1.29, 1.82) is 0 Å². The maximum absolute atomic E-state index is 12.3. The third kappa shape index (κ3) is 6.64. The Bertz CT molecular complexity index is 418. The normalized spacial score (nSPS) is 22.5. The second-order valence-corrected chi connectivity index (χ2v) is 8.27. The van der Waals surface area contributed by atoms with Crippen LogP contribution in [0.25, 0.3) is 0 Å². The van der Waals surface area contributed by atoms with E-state index in [2.05, 4.69) is 4.90 Å². The Kier molecular flexibility index (Phi) is 8.22. The number of rotatable bonds is 9. The SMILES string of the molecule is COCCOCCS(=O)(=O)N1CCC(CN2CCOCC2)CC1. The largest absolute Gasteiger partial charge is 0.382 e. The third-order valence-corrected chi connectivity index (χ3v) is 6.34. The van der Waals surface area contributed by atoms with Crippen molar-refractivity contribution in [2.75, 3.05) is 78.6 Å². The molecule has 2 aliphatic heterocycles. The zero-order valence-corrected chi connectivity index (χ0v) is 14.9. The standard InChI is InChI=1S/C15H30N2O5S/c1-20-10-11-22-12-13-23(18,19)17-4-2-15(3-5-17)14-16-6-8-21-9-7-16/h15H,2-14H2,1H3. The maximum atomic E-state index is 12.3. The number of hydrogen-bond acceptors (Lipinski definition) is 6. The van der Waals surface area contributed by atoms with Crippen molar-refractivity contribution >= 4 is 10.0 Å². The molecule has 8 heteroatoms. The molecule has 0 N–H and O–H groups in total. The van der Waals surface area contributed by atoms with Gasteiger partial charge in [0.1, 0.15) is 0 Å². The average molecular weight is 350 g/mol. The first-order valence-corrected chi connectivity index (χ1v) is 10.1. The number of methoxy groups -OCH3 is 1. The minimum atomic E-state index is -3.19. The summed E-state index contributed by atoms with van der Waals surface area (Å²) in [5, 5.41) is 0. The molecule has 2 rings (SSSR count). The summed E-state index contributed by atoms with van der Waals surface area (Å²) in [7, 11) is -1.59. The molecule has 2 aliphatic rings. The number of piperidine rings is 1. The van der Waals surface area contributed by atoms with Crippen molar-refractivity contribution in [2.45, 2.75) is 12.8 Å². The van der Waals surface area contributed by atoms with Crippen molar-refractivity contribution in [3.63, 3.8) is 0 Å². The van der Waals surface area contributed by atoms with Gasteiger partial charge in [-0.2, -0.15) is 0 Å². The predicted molar refractivity (Wildman–Crippen MR) is 88.0 cm³/mol. The van der Waals surface area contributed by atoms with Crippen LogP contribution in [0.4, 0.5) is 0 Å². The Labute approximate surface area is 139 Å². The fourth-order valence-corrected chi connectivity index (χ4v) is 4.41. The van der Waals surface area contributed by atoms with Crippen LogP contribution >= 0.6 is 0 Å². The van der Waals surface area contributed by atoms with E-state index in [1.165, 1.54) is 0 Å². The fraction of sp³-hybridized carbons (Fsp3) is 1.00. The van der Waals surface area contributed by atoms with Gasteiger partial charge in [0.2, 0.25) is 10.0 Å². The number of sulfonamides is 1. The van der Waals surface area contributed by atoms with E-state index in [1.54, 1.807) is 11.4 Å². The summed E-state index contributed by atoms with van der Waals surface area (Å²) in [6.45, 7) is 7.13. The number of nitrogens with zero attached hydrogens (tertiary/aromatic N) is 2. The lowest BCUT2D eigenvalue weighted by atomic mass is 9.97. The molecule has 0 atom stereocenters. The van der Waals surface area contributed by atoms with Gasteiger partial charge in [-0.3, -0.25) is 4.90 Å². The molecule has 0 aliphatic carbocycles. The Balaban J connectivity index is 1.66. The molecule has 0 aromatic carbocycles. The van der Waals surface area contributed by atoms with Gasteiger partial charge in [0, 0.05) is 39.8 Å². The average Bonchev–Trinajstić information content (AvgIpc) is 2.56. The van der Waals surface area contributed by atoms with Crippen LogP contribution in [0, 0.1) is 5.92 Å². The first-order chi connectivity index (χ1) is 11.1. The molecule has 0 bridgehead atoms. The van der Waals surface area contributed by atoms with Gasteiger partial charge in [0.15, 0.2) is 0 Å². The van der Waals surface area contributed by atoms with Gasteiger partial charge in [-0.15, -0.1) is 0 Å². The molecule has 0 spiro atoms. The summed E-state index contributed by atoms with van der Waals surface area (Å²) in [6.07, 6.45) is 1.89. The van der Waals surface area contributed by atoms with Gasteiger partial charge in [0.25, 0.3) is 0 Å². The van der Waals surface area contributed by atoms with E-state index in [0.717, 1.165) is 45.7 Å². The van der Waals surface area contributed by atoms with E-state index in [0.29, 0.717) is 32.2 Å². The van der Waals surface area contributed by atoms with Crippen LogP contribution in [0.3, 0.4) is 0 Å². The van der Waals surface area contributed by atoms with Crippen LogP contribution in [0.1, 0.15) is 12.8 Å². The van der Waals surface area contributed by atoms with Crippen molar-refractivity contribution in [3.8, 4) is 0 Å². The van der Waals surface area contributed by atoms with E-state index in [1.807, 2.05) is 0 Å². The molecule has 0 radical (unpaired) electrons. The molecular formula is C15H30N2O5S. The zero-order valence-electron chi connectivity index (χ0n) is 14.1. The van der Waals surface area contributed by atoms with E-state index in [9.17, 15) is 8.42 Å². The smallest absolute Gasteiger partial charge is 0.216 e. The quantitative estimate of drug-likeness (QED) is 0.546. The highest BCUT2D eigenvalue weighted by atomic mass is 32.2. The molecule has 0 unspecified atom stereocenters. The summed E-state index contributed by atoms with van der Waals surface area (Å²) in [5.41, 5.74) is 0. The zero-order chi connectivity index (χ0) is 16.5.